The predicted molar refractivity (Wildman–Crippen MR) is 104 cm³/mol. The summed E-state index contributed by atoms with van der Waals surface area (Å²) >= 11 is 0. The van der Waals surface area contributed by atoms with E-state index in [4.69, 9.17) is 5.10 Å². The number of rotatable bonds is 2. The molecule has 2 aromatic rings. The smallest absolute Gasteiger partial charge is 0.229 e. The average molecular weight is 368 g/mol. The number of carbonyl (C=O) groups excluding carboxylic acids is 1. The zero-order chi connectivity index (χ0) is 19.0. The first-order valence-electron chi connectivity index (χ1n) is 9.80. The molecule has 1 aromatic carbocycles. The van der Waals surface area contributed by atoms with Gasteiger partial charge in [0.1, 0.15) is 0 Å². The number of aliphatic hydroxyl groups excluding tert-OH is 1. The van der Waals surface area contributed by atoms with Crippen LogP contribution in [0.4, 0.5) is 0 Å². The number of benzene rings is 1. The van der Waals surface area contributed by atoms with Crippen LogP contribution in [-0.2, 0) is 24.7 Å². The highest BCUT2D eigenvalue weighted by molar-refractivity contribution is 5.80. The van der Waals surface area contributed by atoms with E-state index in [1.54, 1.807) is 0 Å². The van der Waals surface area contributed by atoms with Crippen LogP contribution < -0.4 is 0 Å². The molecule has 2 atom stereocenters. The summed E-state index contributed by atoms with van der Waals surface area (Å²) in [4.78, 5) is 17.2. The summed E-state index contributed by atoms with van der Waals surface area (Å²) in [5, 5.41) is 15.1. The van der Waals surface area contributed by atoms with E-state index in [2.05, 4.69) is 17.0 Å². The summed E-state index contributed by atoms with van der Waals surface area (Å²) in [6, 6.07) is 10.3. The van der Waals surface area contributed by atoms with Crippen LogP contribution >= 0.6 is 0 Å². The molecule has 0 unspecified atom stereocenters. The number of likely N-dealkylation sites (tertiary alicyclic amines) is 1. The maximum absolute atomic E-state index is 13.1. The highest BCUT2D eigenvalue weighted by atomic mass is 16.3. The van der Waals surface area contributed by atoms with E-state index in [1.807, 2.05) is 41.9 Å². The van der Waals surface area contributed by atoms with E-state index >= 15 is 0 Å². The van der Waals surface area contributed by atoms with E-state index in [0.717, 1.165) is 30.6 Å². The average Bonchev–Trinajstić information content (AvgIpc) is 2.85. The molecule has 2 aliphatic heterocycles. The van der Waals surface area contributed by atoms with Crippen LogP contribution in [0.3, 0.4) is 0 Å². The molecule has 1 fully saturated rings. The van der Waals surface area contributed by atoms with Gasteiger partial charge in [-0.1, -0.05) is 30.3 Å². The Morgan fingerprint density at radius 1 is 1.11 bits per heavy atom. The molecule has 0 aliphatic carbocycles. The lowest BCUT2D eigenvalue weighted by Crippen LogP contribution is -2.50. The number of piperidine rings is 1. The second kappa shape index (κ2) is 7.44. The molecule has 4 rings (SSSR count). The third-order valence-corrected chi connectivity index (χ3v) is 5.98. The summed E-state index contributed by atoms with van der Waals surface area (Å²) in [6.07, 6.45) is 1.75. The molecular formula is C21H28N4O2. The Bertz CT molecular complexity index is 817. The molecule has 1 N–H and O–H groups in total. The number of aromatic nitrogens is 2. The number of fused-ring (bicyclic) bond motifs is 1. The van der Waals surface area contributed by atoms with Crippen molar-refractivity contribution in [2.75, 3.05) is 33.2 Å². The first kappa shape index (κ1) is 18.2. The molecule has 6 nitrogen and oxygen atoms in total. The van der Waals surface area contributed by atoms with E-state index < -0.39 is 6.10 Å². The third-order valence-electron chi connectivity index (χ3n) is 5.98. The standard InChI is InChI=1S/C21H28N4O2/c1-23-11-10-19(26)17(14-23)21(27)25-12-8-16-18(9-13-25)24(2)22-20(16)15-6-4-3-5-7-15/h3-7,17,19,26H,8-14H2,1-2H3/t17-,19+/m1/s1. The lowest BCUT2D eigenvalue weighted by atomic mass is 9.93. The molecule has 3 heterocycles. The molecule has 1 aromatic heterocycles. The van der Waals surface area contributed by atoms with Crippen LogP contribution in [0.1, 0.15) is 17.7 Å². The van der Waals surface area contributed by atoms with Crippen molar-refractivity contribution in [1.29, 1.82) is 0 Å². The minimum absolute atomic E-state index is 0.0936. The monoisotopic (exact) mass is 368 g/mol. The quantitative estimate of drug-likeness (QED) is 0.869. The molecular weight excluding hydrogens is 340 g/mol. The van der Waals surface area contributed by atoms with Crippen molar-refractivity contribution in [3.05, 3.63) is 41.6 Å². The molecule has 0 bridgehead atoms. The first-order valence-corrected chi connectivity index (χ1v) is 9.80. The Hall–Kier alpha value is -2.18. The lowest BCUT2D eigenvalue weighted by molar-refractivity contribution is -0.142. The van der Waals surface area contributed by atoms with E-state index in [1.165, 1.54) is 11.3 Å². The number of hydrogen-bond donors (Lipinski definition) is 1. The molecule has 2 aliphatic rings. The maximum atomic E-state index is 13.1. The van der Waals surface area contributed by atoms with Gasteiger partial charge in [-0.2, -0.15) is 5.10 Å². The highest BCUT2D eigenvalue weighted by Gasteiger charge is 2.35. The fourth-order valence-electron chi connectivity index (χ4n) is 4.41. The number of nitrogens with zero attached hydrogens (tertiary/aromatic N) is 4. The van der Waals surface area contributed by atoms with E-state index in [0.29, 0.717) is 26.1 Å². The van der Waals surface area contributed by atoms with Crippen molar-refractivity contribution in [1.82, 2.24) is 19.6 Å². The van der Waals surface area contributed by atoms with Gasteiger partial charge in [0.15, 0.2) is 0 Å². The van der Waals surface area contributed by atoms with Crippen LogP contribution in [0, 0.1) is 5.92 Å². The van der Waals surface area contributed by atoms with Crippen molar-refractivity contribution >= 4 is 5.91 Å². The minimum atomic E-state index is -0.527. The SMILES string of the molecule is CN1CC[C@H](O)[C@H](C(=O)N2CCc3c(-c4ccccc4)nn(C)c3CC2)C1. The molecule has 1 saturated heterocycles. The summed E-state index contributed by atoms with van der Waals surface area (Å²) in [7, 11) is 4.00. The van der Waals surface area contributed by atoms with Crippen LogP contribution in [0.5, 0.6) is 0 Å². The number of carbonyl (C=O) groups is 1. The van der Waals surface area contributed by atoms with Gasteiger partial charge in [0, 0.05) is 56.5 Å². The Labute approximate surface area is 160 Å². The van der Waals surface area contributed by atoms with Gasteiger partial charge in [-0.3, -0.25) is 9.48 Å². The predicted octanol–water partition coefficient (Wildman–Crippen LogP) is 1.33. The number of amides is 1. The van der Waals surface area contributed by atoms with Gasteiger partial charge in [0.05, 0.1) is 17.7 Å². The van der Waals surface area contributed by atoms with Crippen molar-refractivity contribution in [2.24, 2.45) is 13.0 Å². The summed E-state index contributed by atoms with van der Waals surface area (Å²) in [6.45, 7) is 2.86. The third kappa shape index (κ3) is 3.51. The van der Waals surface area contributed by atoms with Crippen molar-refractivity contribution < 1.29 is 9.90 Å². The molecule has 144 valence electrons. The number of aryl methyl sites for hydroxylation is 1. The van der Waals surface area contributed by atoms with Gasteiger partial charge in [-0.05, 0) is 19.9 Å². The van der Waals surface area contributed by atoms with Crippen molar-refractivity contribution in [2.45, 2.75) is 25.4 Å². The summed E-state index contributed by atoms with van der Waals surface area (Å²) in [5.41, 5.74) is 4.61. The molecule has 6 heteroatoms. The molecule has 1 amide bonds. The fraction of sp³-hybridized carbons (Fsp3) is 0.524. The Balaban J connectivity index is 1.54. The second-order valence-corrected chi connectivity index (χ2v) is 7.81. The van der Waals surface area contributed by atoms with E-state index in [9.17, 15) is 9.90 Å². The van der Waals surface area contributed by atoms with Crippen LogP contribution in [0.15, 0.2) is 30.3 Å². The minimum Gasteiger partial charge on any atom is -0.392 e. The van der Waals surface area contributed by atoms with Gasteiger partial charge in [-0.15, -0.1) is 0 Å². The van der Waals surface area contributed by atoms with Gasteiger partial charge in [-0.25, -0.2) is 0 Å². The zero-order valence-corrected chi connectivity index (χ0v) is 16.1. The lowest BCUT2D eigenvalue weighted by Gasteiger charge is -2.36. The van der Waals surface area contributed by atoms with E-state index in [-0.39, 0.29) is 11.8 Å². The Morgan fingerprint density at radius 3 is 2.63 bits per heavy atom. The molecule has 0 saturated carbocycles. The van der Waals surface area contributed by atoms with Gasteiger partial charge in [0.2, 0.25) is 5.91 Å². The van der Waals surface area contributed by atoms with Crippen molar-refractivity contribution in [3.8, 4) is 11.3 Å². The molecule has 0 spiro atoms. The van der Waals surface area contributed by atoms with Crippen molar-refractivity contribution in [3.63, 3.8) is 0 Å². The van der Waals surface area contributed by atoms with Crippen LogP contribution in [0.2, 0.25) is 0 Å². The largest absolute Gasteiger partial charge is 0.392 e. The second-order valence-electron chi connectivity index (χ2n) is 7.81. The summed E-state index contributed by atoms with van der Waals surface area (Å²) in [5.74, 6) is -0.215. The van der Waals surface area contributed by atoms with Crippen LogP contribution in [0.25, 0.3) is 11.3 Å². The Kier molecular flexibility index (Phi) is 5.02. The topological polar surface area (TPSA) is 61.6 Å². The van der Waals surface area contributed by atoms with Gasteiger partial charge < -0.3 is 14.9 Å². The van der Waals surface area contributed by atoms with Gasteiger partial charge >= 0.3 is 0 Å². The first-order chi connectivity index (χ1) is 13.0. The number of aliphatic hydroxyl groups is 1. The molecule has 0 radical (unpaired) electrons. The maximum Gasteiger partial charge on any atom is 0.229 e. The Morgan fingerprint density at radius 2 is 1.85 bits per heavy atom. The summed E-state index contributed by atoms with van der Waals surface area (Å²) < 4.78 is 1.97. The number of hydrogen-bond acceptors (Lipinski definition) is 4. The van der Waals surface area contributed by atoms with Crippen LogP contribution in [-0.4, -0.2) is 69.9 Å². The molecule has 27 heavy (non-hydrogen) atoms. The highest BCUT2D eigenvalue weighted by Crippen LogP contribution is 2.29. The normalized spacial score (nSPS) is 23.7. The van der Waals surface area contributed by atoms with Gasteiger partial charge in [0.25, 0.3) is 0 Å². The zero-order valence-electron chi connectivity index (χ0n) is 16.1. The fourth-order valence-corrected chi connectivity index (χ4v) is 4.41.